The van der Waals surface area contributed by atoms with E-state index in [2.05, 4.69) is 9.72 Å². The topological polar surface area (TPSA) is 43.6 Å². The molecule has 3 rings (SSSR count). The molecular formula is C13H9ClN2O2. The van der Waals surface area contributed by atoms with Crippen molar-refractivity contribution in [2.75, 3.05) is 7.11 Å². The van der Waals surface area contributed by atoms with E-state index < -0.39 is 0 Å². The van der Waals surface area contributed by atoms with Crippen LogP contribution in [0.3, 0.4) is 0 Å². The molecule has 4 nitrogen and oxygen atoms in total. The first-order valence-electron chi connectivity index (χ1n) is 5.35. The van der Waals surface area contributed by atoms with Gasteiger partial charge < -0.3 is 9.14 Å². The summed E-state index contributed by atoms with van der Waals surface area (Å²) in [5.74, 6) is -0.387. The van der Waals surface area contributed by atoms with Crippen molar-refractivity contribution in [1.82, 2.24) is 9.38 Å². The Morgan fingerprint density at radius 2 is 2.17 bits per heavy atom. The first kappa shape index (κ1) is 11.0. The minimum Gasteiger partial charge on any atom is -0.465 e. The number of aromatic nitrogens is 2. The SMILES string of the molecule is COC(=O)c1ccc2c(c1)nc(Cl)c1cccn12. The van der Waals surface area contributed by atoms with Gasteiger partial charge in [-0.15, -0.1) is 0 Å². The van der Waals surface area contributed by atoms with E-state index in [-0.39, 0.29) is 5.97 Å². The first-order valence-corrected chi connectivity index (χ1v) is 5.73. The van der Waals surface area contributed by atoms with Crippen LogP contribution in [0.4, 0.5) is 0 Å². The number of fused-ring (bicyclic) bond motifs is 3. The van der Waals surface area contributed by atoms with Gasteiger partial charge in [-0.25, -0.2) is 9.78 Å². The van der Waals surface area contributed by atoms with Gasteiger partial charge in [-0.05, 0) is 30.3 Å². The summed E-state index contributed by atoms with van der Waals surface area (Å²) >= 11 is 6.10. The van der Waals surface area contributed by atoms with Gasteiger partial charge in [0.05, 0.1) is 29.2 Å². The van der Waals surface area contributed by atoms with Crippen LogP contribution in [0.2, 0.25) is 5.15 Å². The highest BCUT2D eigenvalue weighted by Crippen LogP contribution is 2.23. The molecular weight excluding hydrogens is 252 g/mol. The molecule has 0 aliphatic carbocycles. The highest BCUT2D eigenvalue weighted by Gasteiger charge is 2.10. The van der Waals surface area contributed by atoms with Crippen LogP contribution in [-0.4, -0.2) is 22.5 Å². The second-order valence-electron chi connectivity index (χ2n) is 3.86. The Kier molecular flexibility index (Phi) is 2.45. The Morgan fingerprint density at radius 1 is 1.33 bits per heavy atom. The molecule has 0 aliphatic heterocycles. The molecule has 0 saturated carbocycles. The quantitative estimate of drug-likeness (QED) is 0.632. The van der Waals surface area contributed by atoms with E-state index in [9.17, 15) is 4.79 Å². The number of methoxy groups -OCH3 is 1. The van der Waals surface area contributed by atoms with Gasteiger partial charge in [0.1, 0.15) is 0 Å². The van der Waals surface area contributed by atoms with E-state index in [4.69, 9.17) is 11.6 Å². The van der Waals surface area contributed by atoms with E-state index in [0.717, 1.165) is 11.0 Å². The number of rotatable bonds is 1. The molecule has 2 aromatic heterocycles. The number of hydrogen-bond acceptors (Lipinski definition) is 3. The lowest BCUT2D eigenvalue weighted by Gasteiger charge is -2.05. The second kappa shape index (κ2) is 3.99. The molecule has 0 saturated heterocycles. The maximum Gasteiger partial charge on any atom is 0.337 e. The lowest BCUT2D eigenvalue weighted by atomic mass is 10.2. The smallest absolute Gasteiger partial charge is 0.337 e. The number of benzene rings is 1. The van der Waals surface area contributed by atoms with Gasteiger partial charge in [0.15, 0.2) is 5.15 Å². The van der Waals surface area contributed by atoms with Gasteiger partial charge in [0.2, 0.25) is 0 Å². The van der Waals surface area contributed by atoms with Crippen molar-refractivity contribution in [2.24, 2.45) is 0 Å². The van der Waals surface area contributed by atoms with E-state index in [1.54, 1.807) is 12.1 Å². The monoisotopic (exact) mass is 260 g/mol. The van der Waals surface area contributed by atoms with Crippen LogP contribution in [0.25, 0.3) is 16.6 Å². The van der Waals surface area contributed by atoms with E-state index >= 15 is 0 Å². The summed E-state index contributed by atoms with van der Waals surface area (Å²) in [5.41, 5.74) is 2.86. The molecule has 5 heteroatoms. The highest BCUT2D eigenvalue weighted by molar-refractivity contribution is 6.33. The Bertz CT molecular complexity index is 764. The third-order valence-electron chi connectivity index (χ3n) is 2.83. The molecule has 0 N–H and O–H groups in total. The predicted molar refractivity (Wildman–Crippen MR) is 69.0 cm³/mol. The summed E-state index contributed by atoms with van der Waals surface area (Å²) in [5, 5.41) is 0.412. The molecule has 18 heavy (non-hydrogen) atoms. The molecule has 0 fully saturated rings. The Labute approximate surface area is 108 Å². The van der Waals surface area contributed by atoms with Crippen LogP contribution in [0.1, 0.15) is 10.4 Å². The molecule has 3 aromatic rings. The number of carbonyl (C=O) groups is 1. The Morgan fingerprint density at radius 3 is 2.94 bits per heavy atom. The van der Waals surface area contributed by atoms with E-state index in [0.29, 0.717) is 16.2 Å². The molecule has 90 valence electrons. The average Bonchev–Trinajstić information content (AvgIpc) is 2.87. The summed E-state index contributed by atoms with van der Waals surface area (Å²) in [6.07, 6.45) is 1.91. The fraction of sp³-hybridized carbons (Fsp3) is 0.0769. The van der Waals surface area contributed by atoms with Crippen LogP contribution in [-0.2, 0) is 4.74 Å². The molecule has 0 unspecified atom stereocenters. The summed E-state index contributed by atoms with van der Waals surface area (Å²) in [4.78, 5) is 15.8. The molecule has 0 bridgehead atoms. The van der Waals surface area contributed by atoms with Crippen LogP contribution in [0.5, 0.6) is 0 Å². The summed E-state index contributed by atoms with van der Waals surface area (Å²) in [6.45, 7) is 0. The van der Waals surface area contributed by atoms with Gasteiger partial charge >= 0.3 is 5.97 Å². The van der Waals surface area contributed by atoms with Crippen molar-refractivity contribution in [2.45, 2.75) is 0 Å². The third-order valence-corrected chi connectivity index (χ3v) is 3.11. The summed E-state index contributed by atoms with van der Waals surface area (Å²) in [7, 11) is 1.35. The first-order chi connectivity index (χ1) is 8.70. The normalized spacial score (nSPS) is 11.0. The van der Waals surface area contributed by atoms with E-state index in [1.165, 1.54) is 7.11 Å². The third kappa shape index (κ3) is 1.54. The molecule has 1 aromatic carbocycles. The molecule has 0 atom stereocenters. The van der Waals surface area contributed by atoms with Crippen molar-refractivity contribution in [1.29, 1.82) is 0 Å². The van der Waals surface area contributed by atoms with Crippen LogP contribution in [0.15, 0.2) is 36.5 Å². The standard InChI is InChI=1S/C13H9ClN2O2/c1-18-13(17)8-4-5-10-9(7-8)15-12(14)11-3-2-6-16(10)11/h2-7H,1H3. The zero-order valence-electron chi connectivity index (χ0n) is 9.55. The van der Waals surface area contributed by atoms with E-state index in [1.807, 2.05) is 28.8 Å². The van der Waals surface area contributed by atoms with Gasteiger partial charge in [0, 0.05) is 6.20 Å². The Hall–Kier alpha value is -2.07. The molecule has 0 amide bonds. The maximum absolute atomic E-state index is 11.5. The van der Waals surface area contributed by atoms with Gasteiger partial charge in [-0.1, -0.05) is 11.6 Å². The summed E-state index contributed by atoms with van der Waals surface area (Å²) in [6, 6.07) is 9.01. The highest BCUT2D eigenvalue weighted by atomic mass is 35.5. The number of carbonyl (C=O) groups excluding carboxylic acids is 1. The van der Waals surface area contributed by atoms with Gasteiger partial charge in [-0.2, -0.15) is 0 Å². The molecule has 0 aliphatic rings. The molecule has 0 radical (unpaired) electrons. The minimum atomic E-state index is -0.387. The maximum atomic E-state index is 11.5. The van der Waals surface area contributed by atoms with Crippen molar-refractivity contribution < 1.29 is 9.53 Å². The average molecular weight is 261 g/mol. The Balaban J connectivity index is 2.35. The van der Waals surface area contributed by atoms with Crippen molar-refractivity contribution in [3.63, 3.8) is 0 Å². The number of halogens is 1. The largest absolute Gasteiger partial charge is 0.465 e. The molecule has 0 spiro atoms. The van der Waals surface area contributed by atoms with Crippen molar-refractivity contribution in [3.05, 3.63) is 47.2 Å². The van der Waals surface area contributed by atoms with Crippen LogP contribution < -0.4 is 0 Å². The fourth-order valence-corrected chi connectivity index (χ4v) is 2.23. The van der Waals surface area contributed by atoms with Gasteiger partial charge in [-0.3, -0.25) is 0 Å². The fourth-order valence-electron chi connectivity index (χ4n) is 1.98. The van der Waals surface area contributed by atoms with Crippen molar-refractivity contribution in [3.8, 4) is 0 Å². The summed E-state index contributed by atoms with van der Waals surface area (Å²) < 4.78 is 6.62. The van der Waals surface area contributed by atoms with Crippen molar-refractivity contribution >= 4 is 34.1 Å². The zero-order valence-corrected chi connectivity index (χ0v) is 10.3. The van der Waals surface area contributed by atoms with Crippen LogP contribution >= 0.6 is 11.6 Å². The number of nitrogens with zero attached hydrogens (tertiary/aromatic N) is 2. The minimum absolute atomic E-state index is 0.387. The van der Waals surface area contributed by atoms with Crippen LogP contribution in [0, 0.1) is 0 Å². The number of esters is 1. The lowest BCUT2D eigenvalue weighted by molar-refractivity contribution is 0.0601. The van der Waals surface area contributed by atoms with Gasteiger partial charge in [0.25, 0.3) is 0 Å². The molecule has 2 heterocycles. The second-order valence-corrected chi connectivity index (χ2v) is 4.22. The lowest BCUT2D eigenvalue weighted by Crippen LogP contribution is -2.02. The number of hydrogen-bond donors (Lipinski definition) is 0. The predicted octanol–water partition coefficient (Wildman–Crippen LogP) is 2.93. The zero-order chi connectivity index (χ0) is 12.7. The number of ether oxygens (including phenoxy) is 1.